The summed E-state index contributed by atoms with van der Waals surface area (Å²) >= 11 is 0. The largest absolute Gasteiger partial charge is 0.329 e. The molecule has 1 atom stereocenters. The first-order valence-corrected chi connectivity index (χ1v) is 7.66. The Hall–Kier alpha value is -0.970. The number of pyridine rings is 1. The summed E-state index contributed by atoms with van der Waals surface area (Å²) in [6, 6.07) is 6.26. The van der Waals surface area contributed by atoms with Crippen molar-refractivity contribution in [2.24, 2.45) is 5.73 Å². The molecule has 1 aliphatic rings. The first-order valence-electron chi connectivity index (χ1n) is 7.66. The summed E-state index contributed by atoms with van der Waals surface area (Å²) in [7, 11) is 2.20. The van der Waals surface area contributed by atoms with Gasteiger partial charge in [-0.05, 0) is 52.0 Å². The highest BCUT2D eigenvalue weighted by Crippen LogP contribution is 2.27. The Morgan fingerprint density at radius 3 is 2.85 bits per heavy atom. The molecule has 0 spiro atoms. The molecular formula is C16H28N4. The zero-order chi connectivity index (χ0) is 14.6. The van der Waals surface area contributed by atoms with Gasteiger partial charge in [-0.2, -0.15) is 0 Å². The Balaban J connectivity index is 2.17. The zero-order valence-electron chi connectivity index (χ0n) is 13.1. The second-order valence-electron chi connectivity index (χ2n) is 6.05. The van der Waals surface area contributed by atoms with E-state index in [0.29, 0.717) is 0 Å². The standard InChI is InChI=1S/C16H28N4/c1-4-20(11-15-8-5-7-14(2)18-15)16(12-17)9-6-10-19(3)13-16/h5,7-8H,4,6,9-13,17H2,1-3H3. The molecule has 0 saturated carbocycles. The van der Waals surface area contributed by atoms with Gasteiger partial charge in [0.15, 0.2) is 0 Å². The molecule has 20 heavy (non-hydrogen) atoms. The number of rotatable bonds is 5. The van der Waals surface area contributed by atoms with Crippen molar-refractivity contribution < 1.29 is 0 Å². The SMILES string of the molecule is CCN(Cc1cccc(C)n1)C1(CN)CCCN(C)C1. The number of aryl methyl sites for hydroxylation is 1. The Kier molecular flexibility index (Phi) is 5.13. The molecule has 1 unspecified atom stereocenters. The van der Waals surface area contributed by atoms with Crippen molar-refractivity contribution in [2.75, 3.05) is 33.2 Å². The first kappa shape index (κ1) is 15.4. The molecule has 2 N–H and O–H groups in total. The highest BCUT2D eigenvalue weighted by atomic mass is 15.3. The molecule has 2 rings (SSSR count). The van der Waals surface area contributed by atoms with Gasteiger partial charge in [0.1, 0.15) is 0 Å². The van der Waals surface area contributed by atoms with Crippen molar-refractivity contribution >= 4 is 0 Å². The number of nitrogens with zero attached hydrogens (tertiary/aromatic N) is 3. The van der Waals surface area contributed by atoms with Crippen molar-refractivity contribution in [3.05, 3.63) is 29.6 Å². The van der Waals surface area contributed by atoms with Gasteiger partial charge in [-0.1, -0.05) is 13.0 Å². The van der Waals surface area contributed by atoms with Crippen LogP contribution in [0.15, 0.2) is 18.2 Å². The lowest BCUT2D eigenvalue weighted by atomic mass is 9.87. The first-order chi connectivity index (χ1) is 9.59. The molecule has 0 radical (unpaired) electrons. The topological polar surface area (TPSA) is 45.4 Å². The number of hydrogen-bond donors (Lipinski definition) is 1. The summed E-state index contributed by atoms with van der Waals surface area (Å²) in [6.07, 6.45) is 2.42. The molecule has 4 heteroatoms. The van der Waals surface area contributed by atoms with E-state index in [2.05, 4.69) is 40.9 Å². The average Bonchev–Trinajstić information content (AvgIpc) is 2.44. The van der Waals surface area contributed by atoms with E-state index in [9.17, 15) is 0 Å². The fraction of sp³-hybridized carbons (Fsp3) is 0.688. The number of aromatic nitrogens is 1. The zero-order valence-corrected chi connectivity index (χ0v) is 13.1. The number of likely N-dealkylation sites (tertiary alicyclic amines) is 1. The Labute approximate surface area is 123 Å². The van der Waals surface area contributed by atoms with E-state index in [4.69, 9.17) is 5.73 Å². The van der Waals surface area contributed by atoms with E-state index in [1.165, 1.54) is 19.4 Å². The normalized spacial score (nSPS) is 24.2. The molecule has 1 aromatic heterocycles. The molecule has 2 heterocycles. The van der Waals surface area contributed by atoms with Gasteiger partial charge >= 0.3 is 0 Å². The Bertz CT molecular complexity index is 434. The van der Waals surface area contributed by atoms with Gasteiger partial charge in [-0.3, -0.25) is 9.88 Å². The molecule has 0 bridgehead atoms. The predicted molar refractivity (Wildman–Crippen MR) is 83.6 cm³/mol. The molecule has 1 aliphatic heterocycles. The summed E-state index contributed by atoms with van der Waals surface area (Å²) in [5, 5.41) is 0. The van der Waals surface area contributed by atoms with Crippen LogP contribution < -0.4 is 5.73 Å². The third-order valence-corrected chi connectivity index (χ3v) is 4.48. The van der Waals surface area contributed by atoms with Gasteiger partial charge < -0.3 is 10.6 Å². The number of nitrogens with two attached hydrogens (primary N) is 1. The Morgan fingerprint density at radius 1 is 1.45 bits per heavy atom. The van der Waals surface area contributed by atoms with E-state index < -0.39 is 0 Å². The molecule has 1 saturated heterocycles. The second kappa shape index (κ2) is 6.66. The van der Waals surface area contributed by atoms with Gasteiger partial charge in [0.25, 0.3) is 0 Å². The third kappa shape index (κ3) is 3.37. The van der Waals surface area contributed by atoms with Crippen LogP contribution in [0.1, 0.15) is 31.2 Å². The van der Waals surface area contributed by atoms with Crippen LogP contribution in [0.2, 0.25) is 0 Å². The van der Waals surface area contributed by atoms with E-state index in [1.54, 1.807) is 0 Å². The highest BCUT2D eigenvalue weighted by molar-refractivity contribution is 5.11. The molecule has 112 valence electrons. The van der Waals surface area contributed by atoms with Crippen LogP contribution in [0.3, 0.4) is 0 Å². The van der Waals surface area contributed by atoms with E-state index in [-0.39, 0.29) is 5.54 Å². The average molecular weight is 276 g/mol. The van der Waals surface area contributed by atoms with Crippen LogP contribution in [-0.2, 0) is 6.54 Å². The Morgan fingerprint density at radius 2 is 2.25 bits per heavy atom. The minimum Gasteiger partial charge on any atom is -0.329 e. The fourth-order valence-electron chi connectivity index (χ4n) is 3.39. The number of likely N-dealkylation sites (N-methyl/N-ethyl adjacent to an activating group) is 2. The van der Waals surface area contributed by atoms with Gasteiger partial charge in [-0.15, -0.1) is 0 Å². The second-order valence-corrected chi connectivity index (χ2v) is 6.05. The summed E-state index contributed by atoms with van der Waals surface area (Å²) in [5.74, 6) is 0. The monoisotopic (exact) mass is 276 g/mol. The third-order valence-electron chi connectivity index (χ3n) is 4.48. The van der Waals surface area contributed by atoms with Crippen LogP contribution in [0.5, 0.6) is 0 Å². The van der Waals surface area contributed by atoms with Crippen LogP contribution in [0.25, 0.3) is 0 Å². The maximum atomic E-state index is 6.17. The minimum atomic E-state index is 0.104. The number of piperidine rings is 1. The molecular weight excluding hydrogens is 248 g/mol. The van der Waals surface area contributed by atoms with Crippen molar-refractivity contribution in [2.45, 2.75) is 38.8 Å². The molecule has 0 amide bonds. The van der Waals surface area contributed by atoms with Crippen LogP contribution in [0.4, 0.5) is 0 Å². The lowest BCUT2D eigenvalue weighted by Gasteiger charge is -2.48. The van der Waals surface area contributed by atoms with Gasteiger partial charge in [0.2, 0.25) is 0 Å². The smallest absolute Gasteiger partial charge is 0.0547 e. The molecule has 1 fully saturated rings. The van der Waals surface area contributed by atoms with E-state index in [0.717, 1.165) is 37.6 Å². The summed E-state index contributed by atoms with van der Waals surface area (Å²) in [5.41, 5.74) is 8.51. The van der Waals surface area contributed by atoms with E-state index >= 15 is 0 Å². The fourth-order valence-corrected chi connectivity index (χ4v) is 3.39. The molecule has 0 aromatic carbocycles. The van der Waals surface area contributed by atoms with Crippen molar-refractivity contribution in [1.82, 2.24) is 14.8 Å². The van der Waals surface area contributed by atoms with Gasteiger partial charge in [0, 0.05) is 30.9 Å². The van der Waals surface area contributed by atoms with Crippen LogP contribution >= 0.6 is 0 Å². The maximum Gasteiger partial charge on any atom is 0.0547 e. The summed E-state index contributed by atoms with van der Waals surface area (Å²) in [6.45, 7) is 9.14. The number of hydrogen-bond acceptors (Lipinski definition) is 4. The van der Waals surface area contributed by atoms with Crippen molar-refractivity contribution in [3.8, 4) is 0 Å². The van der Waals surface area contributed by atoms with Crippen molar-refractivity contribution in [1.29, 1.82) is 0 Å². The summed E-state index contributed by atoms with van der Waals surface area (Å²) in [4.78, 5) is 9.57. The molecule has 1 aromatic rings. The summed E-state index contributed by atoms with van der Waals surface area (Å²) < 4.78 is 0. The highest BCUT2D eigenvalue weighted by Gasteiger charge is 2.38. The minimum absolute atomic E-state index is 0.104. The quantitative estimate of drug-likeness (QED) is 0.888. The van der Waals surface area contributed by atoms with E-state index in [1.807, 2.05) is 13.0 Å². The molecule has 0 aliphatic carbocycles. The lowest BCUT2D eigenvalue weighted by Crippen LogP contribution is -2.61. The van der Waals surface area contributed by atoms with Gasteiger partial charge in [-0.25, -0.2) is 0 Å². The lowest BCUT2D eigenvalue weighted by molar-refractivity contribution is 0.0226. The van der Waals surface area contributed by atoms with Crippen molar-refractivity contribution in [3.63, 3.8) is 0 Å². The van der Waals surface area contributed by atoms with Crippen LogP contribution in [0, 0.1) is 6.92 Å². The van der Waals surface area contributed by atoms with Gasteiger partial charge in [0.05, 0.1) is 5.69 Å². The maximum absolute atomic E-state index is 6.17. The van der Waals surface area contributed by atoms with Crippen LogP contribution in [-0.4, -0.2) is 53.5 Å². The molecule has 4 nitrogen and oxygen atoms in total. The predicted octanol–water partition coefficient (Wildman–Crippen LogP) is 1.64.